The molecule has 0 heterocycles. The van der Waals surface area contributed by atoms with Gasteiger partial charge < -0.3 is 5.11 Å². The summed E-state index contributed by atoms with van der Waals surface area (Å²) in [7, 11) is 0. The molecule has 0 bridgehead atoms. The summed E-state index contributed by atoms with van der Waals surface area (Å²) >= 11 is 0. The Balaban J connectivity index is 2.35. The van der Waals surface area contributed by atoms with E-state index in [9.17, 15) is 5.11 Å². The molecule has 2 aliphatic carbocycles. The fourth-order valence-electron chi connectivity index (χ4n) is 4.27. The normalized spacial score (nSPS) is 40.5. The van der Waals surface area contributed by atoms with Gasteiger partial charge in [0.2, 0.25) is 0 Å². The van der Waals surface area contributed by atoms with E-state index in [0.717, 1.165) is 44.1 Å². The van der Waals surface area contributed by atoms with E-state index in [1.165, 1.54) is 17.6 Å². The molecule has 2 aliphatic rings. The molecule has 0 aromatic carbocycles. The van der Waals surface area contributed by atoms with Crippen molar-refractivity contribution < 1.29 is 5.11 Å². The maximum Gasteiger partial charge on any atom is 0.0885 e. The van der Waals surface area contributed by atoms with Crippen molar-refractivity contribution in [3.05, 3.63) is 35.5 Å². The second kappa shape index (κ2) is 6.12. The first-order valence-electron chi connectivity index (χ1n) is 8.47. The van der Waals surface area contributed by atoms with Gasteiger partial charge in [-0.15, -0.1) is 0 Å². The lowest BCUT2D eigenvalue weighted by atomic mass is 9.69. The highest BCUT2D eigenvalue weighted by Gasteiger charge is 2.53. The fourth-order valence-corrected chi connectivity index (χ4v) is 4.27. The minimum absolute atomic E-state index is 0.208. The first kappa shape index (κ1) is 16.5. The second-order valence-electron chi connectivity index (χ2n) is 7.79. The van der Waals surface area contributed by atoms with E-state index in [2.05, 4.69) is 39.5 Å². The van der Waals surface area contributed by atoms with Crippen molar-refractivity contribution >= 4 is 0 Å². The minimum Gasteiger partial charge on any atom is -0.385 e. The lowest BCUT2D eigenvalue weighted by molar-refractivity contribution is 0.00422. The van der Waals surface area contributed by atoms with Gasteiger partial charge in [-0.05, 0) is 82.6 Å². The highest BCUT2D eigenvalue weighted by molar-refractivity contribution is 5.21. The molecule has 1 N–H and O–H groups in total. The summed E-state index contributed by atoms with van der Waals surface area (Å²) < 4.78 is 0. The Hall–Kier alpha value is -0.820. The van der Waals surface area contributed by atoms with Crippen LogP contribution < -0.4 is 0 Å². The molecule has 1 saturated carbocycles. The zero-order valence-corrected chi connectivity index (χ0v) is 14.3. The molecule has 0 radical (unpaired) electrons. The Morgan fingerprint density at radius 3 is 2.52 bits per heavy atom. The molecule has 0 spiro atoms. The van der Waals surface area contributed by atoms with Crippen molar-refractivity contribution in [3.8, 4) is 0 Å². The summed E-state index contributed by atoms with van der Waals surface area (Å²) in [6.07, 6.45) is 12.4. The van der Waals surface area contributed by atoms with Crippen LogP contribution in [0.5, 0.6) is 0 Å². The van der Waals surface area contributed by atoms with Crippen molar-refractivity contribution in [3.63, 3.8) is 0 Å². The van der Waals surface area contributed by atoms with Crippen LogP contribution in [0.1, 0.15) is 72.6 Å². The molecule has 21 heavy (non-hydrogen) atoms. The Morgan fingerprint density at radius 2 is 1.86 bits per heavy atom. The Bertz CT molecular complexity index is 470. The van der Waals surface area contributed by atoms with Gasteiger partial charge in [0.1, 0.15) is 0 Å². The van der Waals surface area contributed by atoms with E-state index in [0.29, 0.717) is 5.92 Å². The van der Waals surface area contributed by atoms with Crippen LogP contribution in [0.4, 0.5) is 0 Å². The third-order valence-electron chi connectivity index (χ3n) is 6.01. The molecule has 1 fully saturated rings. The molecule has 0 aromatic heterocycles. The monoisotopic (exact) mass is 288 g/mol. The van der Waals surface area contributed by atoms with Gasteiger partial charge in [0.15, 0.2) is 0 Å². The van der Waals surface area contributed by atoms with E-state index in [-0.39, 0.29) is 5.41 Å². The smallest absolute Gasteiger partial charge is 0.0885 e. The zero-order chi connectivity index (χ0) is 15.7. The highest BCUT2D eigenvalue weighted by atomic mass is 16.3. The predicted octanol–water partition coefficient (Wildman–Crippen LogP) is 5.57. The molecule has 2 rings (SSSR count). The Labute approximate surface area is 130 Å². The SMILES string of the molecule is C=C(C)[C@@]1(O)CC[C@@]2(C)CC=C(C)CC/C=C(\C)CC[C@@H]21. The van der Waals surface area contributed by atoms with Crippen LogP contribution in [-0.4, -0.2) is 10.7 Å². The third-order valence-corrected chi connectivity index (χ3v) is 6.01. The van der Waals surface area contributed by atoms with Crippen LogP contribution in [0.2, 0.25) is 0 Å². The van der Waals surface area contributed by atoms with Crippen LogP contribution in [0.25, 0.3) is 0 Å². The van der Waals surface area contributed by atoms with E-state index < -0.39 is 5.60 Å². The van der Waals surface area contributed by atoms with Gasteiger partial charge in [-0.2, -0.15) is 0 Å². The van der Waals surface area contributed by atoms with Gasteiger partial charge in [0.05, 0.1) is 5.60 Å². The lowest BCUT2D eigenvalue weighted by Gasteiger charge is -2.39. The zero-order valence-electron chi connectivity index (χ0n) is 14.3. The lowest BCUT2D eigenvalue weighted by Crippen LogP contribution is -2.39. The van der Waals surface area contributed by atoms with Gasteiger partial charge in [0.25, 0.3) is 0 Å². The number of allylic oxidation sites excluding steroid dienone is 4. The fraction of sp³-hybridized carbons (Fsp3) is 0.700. The number of hydrogen-bond donors (Lipinski definition) is 1. The molecule has 0 amide bonds. The van der Waals surface area contributed by atoms with Crippen molar-refractivity contribution in [1.82, 2.24) is 0 Å². The minimum atomic E-state index is -0.662. The van der Waals surface area contributed by atoms with E-state index in [1.807, 2.05) is 6.92 Å². The van der Waals surface area contributed by atoms with Gasteiger partial charge in [-0.1, -0.05) is 36.8 Å². The van der Waals surface area contributed by atoms with Crippen LogP contribution in [0.3, 0.4) is 0 Å². The summed E-state index contributed by atoms with van der Waals surface area (Å²) in [6.45, 7) is 13.0. The summed E-state index contributed by atoms with van der Waals surface area (Å²) in [6, 6.07) is 0. The van der Waals surface area contributed by atoms with Crippen molar-refractivity contribution in [2.45, 2.75) is 78.2 Å². The number of fused-ring (bicyclic) bond motifs is 1. The average Bonchev–Trinajstić information content (AvgIpc) is 2.67. The van der Waals surface area contributed by atoms with Crippen LogP contribution in [0, 0.1) is 11.3 Å². The van der Waals surface area contributed by atoms with Crippen molar-refractivity contribution in [2.75, 3.05) is 0 Å². The van der Waals surface area contributed by atoms with E-state index in [4.69, 9.17) is 0 Å². The predicted molar refractivity (Wildman–Crippen MR) is 91.2 cm³/mol. The maximum absolute atomic E-state index is 11.2. The molecule has 3 atom stereocenters. The molecular weight excluding hydrogens is 256 g/mol. The number of rotatable bonds is 1. The maximum atomic E-state index is 11.2. The number of aliphatic hydroxyl groups is 1. The first-order chi connectivity index (χ1) is 9.78. The molecule has 0 saturated heterocycles. The second-order valence-corrected chi connectivity index (χ2v) is 7.79. The first-order valence-corrected chi connectivity index (χ1v) is 8.47. The summed E-state index contributed by atoms with van der Waals surface area (Å²) in [5, 5.41) is 11.2. The quantitative estimate of drug-likeness (QED) is 0.626. The topological polar surface area (TPSA) is 20.2 Å². The molecule has 0 aromatic rings. The largest absolute Gasteiger partial charge is 0.385 e. The molecular formula is C20H32O. The molecule has 1 nitrogen and oxygen atoms in total. The molecule has 118 valence electrons. The van der Waals surface area contributed by atoms with E-state index in [1.54, 1.807) is 0 Å². The van der Waals surface area contributed by atoms with Gasteiger partial charge in [0, 0.05) is 0 Å². The Kier molecular flexibility index (Phi) is 4.82. The standard InChI is InChI=1S/C20H32O/c1-15(2)20(21)14-13-19(5)12-11-17(4)8-6-7-16(3)9-10-18(19)20/h7,11,18,21H,1,6,8-10,12-14H2,2-5H3/b16-7+,17-11?/t18-,19+,20-/m0/s1. The molecule has 0 unspecified atom stereocenters. The average molecular weight is 288 g/mol. The van der Waals surface area contributed by atoms with Gasteiger partial charge in [-0.3, -0.25) is 0 Å². The van der Waals surface area contributed by atoms with E-state index >= 15 is 0 Å². The van der Waals surface area contributed by atoms with Gasteiger partial charge >= 0.3 is 0 Å². The van der Waals surface area contributed by atoms with Crippen LogP contribution in [0.15, 0.2) is 35.5 Å². The summed E-state index contributed by atoms with van der Waals surface area (Å²) in [4.78, 5) is 0. The highest BCUT2D eigenvalue weighted by Crippen LogP contribution is 2.56. The van der Waals surface area contributed by atoms with Crippen LogP contribution in [-0.2, 0) is 0 Å². The molecule has 0 aliphatic heterocycles. The van der Waals surface area contributed by atoms with Crippen molar-refractivity contribution in [2.24, 2.45) is 11.3 Å². The van der Waals surface area contributed by atoms with Crippen LogP contribution >= 0.6 is 0 Å². The molecule has 1 heteroatoms. The van der Waals surface area contributed by atoms with Gasteiger partial charge in [-0.25, -0.2) is 0 Å². The summed E-state index contributed by atoms with van der Waals surface area (Å²) in [5.41, 5.74) is 3.47. The Morgan fingerprint density at radius 1 is 1.19 bits per heavy atom. The van der Waals surface area contributed by atoms with Crippen molar-refractivity contribution in [1.29, 1.82) is 0 Å². The number of hydrogen-bond acceptors (Lipinski definition) is 1. The summed E-state index contributed by atoms with van der Waals surface area (Å²) in [5.74, 6) is 0.327. The third kappa shape index (κ3) is 3.34.